The predicted octanol–water partition coefficient (Wildman–Crippen LogP) is 0.654. The minimum Gasteiger partial charge on any atom is -0.459 e. The highest BCUT2D eigenvalue weighted by atomic mass is 16.3. The molecule has 0 aliphatic rings. The van der Waals surface area contributed by atoms with E-state index in [1.54, 1.807) is 18.3 Å². The van der Waals surface area contributed by atoms with E-state index in [0.717, 1.165) is 5.01 Å². The van der Waals surface area contributed by atoms with Crippen LogP contribution in [0.1, 0.15) is 10.6 Å². The maximum Gasteiger partial charge on any atom is 0.309 e. The van der Waals surface area contributed by atoms with Gasteiger partial charge < -0.3 is 15.1 Å². The van der Waals surface area contributed by atoms with Crippen LogP contribution in [-0.4, -0.2) is 20.9 Å². The first-order chi connectivity index (χ1) is 9.16. The van der Waals surface area contributed by atoms with Gasteiger partial charge in [0.1, 0.15) is 5.65 Å². The fraction of sp³-hybridized carbons (Fsp3) is 0. The third-order valence-corrected chi connectivity index (χ3v) is 2.59. The van der Waals surface area contributed by atoms with Gasteiger partial charge >= 0.3 is 5.91 Å². The summed E-state index contributed by atoms with van der Waals surface area (Å²) in [6.07, 6.45) is 3.05. The van der Waals surface area contributed by atoms with Crippen molar-refractivity contribution in [2.75, 3.05) is 10.7 Å². The van der Waals surface area contributed by atoms with Gasteiger partial charge in [-0.05, 0) is 18.2 Å². The summed E-state index contributed by atoms with van der Waals surface area (Å²) in [5, 5.41) is 1.48. The maximum atomic E-state index is 12.1. The van der Waals surface area contributed by atoms with Gasteiger partial charge in [0.05, 0.1) is 11.6 Å². The van der Waals surface area contributed by atoms with Gasteiger partial charge in [-0.1, -0.05) is 0 Å². The Hall–Kier alpha value is -2.87. The maximum absolute atomic E-state index is 12.1. The molecule has 3 aromatic rings. The SMILES string of the molecule is Nc1nc(N(N)C(=O)c2ccco2)c2cc[nH]c2n1. The molecule has 0 spiro atoms. The van der Waals surface area contributed by atoms with Crippen molar-refractivity contribution in [1.82, 2.24) is 15.0 Å². The fourth-order valence-electron chi connectivity index (χ4n) is 1.74. The molecule has 3 heterocycles. The van der Waals surface area contributed by atoms with E-state index in [1.807, 2.05) is 0 Å². The molecule has 0 unspecified atom stereocenters. The first kappa shape index (κ1) is 11.2. The molecule has 19 heavy (non-hydrogen) atoms. The number of anilines is 2. The van der Waals surface area contributed by atoms with Crippen LogP contribution in [0, 0.1) is 0 Å². The van der Waals surface area contributed by atoms with Crippen molar-refractivity contribution in [3.63, 3.8) is 0 Å². The van der Waals surface area contributed by atoms with Gasteiger partial charge in [-0.25, -0.2) is 10.9 Å². The number of nitrogens with zero attached hydrogens (tertiary/aromatic N) is 3. The molecule has 0 aromatic carbocycles. The number of aromatic nitrogens is 3. The lowest BCUT2D eigenvalue weighted by Gasteiger charge is -2.15. The number of hydrogen-bond acceptors (Lipinski definition) is 6. The molecule has 0 radical (unpaired) electrons. The monoisotopic (exact) mass is 258 g/mol. The van der Waals surface area contributed by atoms with Crippen LogP contribution < -0.4 is 16.6 Å². The van der Waals surface area contributed by atoms with Crippen LogP contribution >= 0.6 is 0 Å². The lowest BCUT2D eigenvalue weighted by atomic mass is 10.3. The number of nitrogens with two attached hydrogens (primary N) is 2. The zero-order chi connectivity index (χ0) is 13.4. The van der Waals surface area contributed by atoms with Gasteiger partial charge in [-0.2, -0.15) is 9.97 Å². The van der Waals surface area contributed by atoms with Crippen LogP contribution in [0.15, 0.2) is 35.1 Å². The van der Waals surface area contributed by atoms with E-state index in [9.17, 15) is 4.79 Å². The molecule has 0 fully saturated rings. The van der Waals surface area contributed by atoms with E-state index in [2.05, 4.69) is 15.0 Å². The fourth-order valence-corrected chi connectivity index (χ4v) is 1.74. The molecule has 5 N–H and O–H groups in total. The van der Waals surface area contributed by atoms with E-state index in [-0.39, 0.29) is 17.5 Å². The molecule has 0 bridgehead atoms. The van der Waals surface area contributed by atoms with Crippen molar-refractivity contribution in [1.29, 1.82) is 0 Å². The van der Waals surface area contributed by atoms with Gasteiger partial charge in [0.25, 0.3) is 0 Å². The van der Waals surface area contributed by atoms with Crippen molar-refractivity contribution < 1.29 is 9.21 Å². The highest BCUT2D eigenvalue weighted by Gasteiger charge is 2.21. The molecule has 0 saturated heterocycles. The number of fused-ring (bicyclic) bond motifs is 1. The number of amides is 1. The summed E-state index contributed by atoms with van der Waals surface area (Å²) in [7, 11) is 0. The molecule has 3 rings (SSSR count). The summed E-state index contributed by atoms with van der Waals surface area (Å²) in [6, 6.07) is 4.82. The van der Waals surface area contributed by atoms with Gasteiger partial charge in [-0.3, -0.25) is 4.79 Å². The van der Waals surface area contributed by atoms with Crippen LogP contribution in [0.5, 0.6) is 0 Å². The number of rotatable bonds is 2. The molecule has 8 heteroatoms. The number of carbonyl (C=O) groups is 1. The van der Waals surface area contributed by atoms with E-state index in [0.29, 0.717) is 11.0 Å². The van der Waals surface area contributed by atoms with E-state index < -0.39 is 5.91 Å². The van der Waals surface area contributed by atoms with Crippen molar-refractivity contribution in [3.8, 4) is 0 Å². The second-order valence-corrected chi connectivity index (χ2v) is 3.80. The molecule has 8 nitrogen and oxygen atoms in total. The Kier molecular flexibility index (Phi) is 2.43. The minimum atomic E-state index is -0.523. The third kappa shape index (κ3) is 1.79. The van der Waals surface area contributed by atoms with Crippen LogP contribution in [0.4, 0.5) is 11.8 Å². The van der Waals surface area contributed by atoms with Gasteiger partial charge in [0.15, 0.2) is 11.6 Å². The van der Waals surface area contributed by atoms with Crippen LogP contribution in [0.2, 0.25) is 0 Å². The van der Waals surface area contributed by atoms with Crippen molar-refractivity contribution in [3.05, 3.63) is 36.4 Å². The molecule has 0 atom stereocenters. The molecular formula is C11H10N6O2. The predicted molar refractivity (Wildman–Crippen MR) is 68.0 cm³/mol. The standard InChI is InChI=1S/C11H10N6O2/c12-11-15-8-6(3-4-14-8)9(16-11)17(13)10(18)7-2-1-5-19-7/h1-5H,13H2,(H3,12,14,15,16). The Morgan fingerprint density at radius 2 is 2.21 bits per heavy atom. The van der Waals surface area contributed by atoms with Crippen molar-refractivity contribution in [2.45, 2.75) is 0 Å². The molecule has 0 saturated carbocycles. The normalized spacial score (nSPS) is 10.8. The van der Waals surface area contributed by atoms with Crippen molar-refractivity contribution in [2.24, 2.45) is 5.84 Å². The third-order valence-electron chi connectivity index (χ3n) is 2.59. The summed E-state index contributed by atoms with van der Waals surface area (Å²) in [6.45, 7) is 0. The summed E-state index contributed by atoms with van der Waals surface area (Å²) in [4.78, 5) is 22.9. The summed E-state index contributed by atoms with van der Waals surface area (Å²) in [5.41, 5.74) is 6.09. The van der Waals surface area contributed by atoms with Crippen LogP contribution in [-0.2, 0) is 0 Å². The Labute approximate surface area is 107 Å². The first-order valence-electron chi connectivity index (χ1n) is 5.40. The lowest BCUT2D eigenvalue weighted by molar-refractivity contribution is 0.0959. The molecule has 1 amide bonds. The number of hydrogen-bond donors (Lipinski definition) is 3. The number of aromatic amines is 1. The average Bonchev–Trinajstić information content (AvgIpc) is 3.06. The van der Waals surface area contributed by atoms with Crippen molar-refractivity contribution >= 4 is 28.7 Å². The average molecular weight is 258 g/mol. The summed E-state index contributed by atoms with van der Waals surface area (Å²) < 4.78 is 5.01. The number of nitrogen functional groups attached to an aromatic ring is 1. The zero-order valence-electron chi connectivity index (χ0n) is 9.70. The largest absolute Gasteiger partial charge is 0.459 e. The van der Waals surface area contributed by atoms with Crippen LogP contribution in [0.3, 0.4) is 0 Å². The number of carbonyl (C=O) groups excluding carboxylic acids is 1. The first-order valence-corrected chi connectivity index (χ1v) is 5.40. The minimum absolute atomic E-state index is 0.0210. The molecule has 3 aromatic heterocycles. The number of nitrogens with one attached hydrogen (secondary N) is 1. The lowest BCUT2D eigenvalue weighted by Crippen LogP contribution is -2.38. The second-order valence-electron chi connectivity index (χ2n) is 3.80. The quantitative estimate of drug-likeness (QED) is 0.352. The van der Waals surface area contributed by atoms with Gasteiger partial charge in [0.2, 0.25) is 5.95 Å². The Morgan fingerprint density at radius 1 is 1.37 bits per heavy atom. The smallest absolute Gasteiger partial charge is 0.309 e. The Balaban J connectivity index is 2.08. The van der Waals surface area contributed by atoms with Gasteiger partial charge in [0, 0.05) is 6.20 Å². The topological polar surface area (TPSA) is 127 Å². The second kappa shape index (κ2) is 4.10. The molecule has 0 aliphatic carbocycles. The Bertz CT molecular complexity index is 733. The number of H-pyrrole nitrogens is 1. The molecular weight excluding hydrogens is 248 g/mol. The summed E-state index contributed by atoms with van der Waals surface area (Å²) in [5.74, 6) is 5.61. The van der Waals surface area contributed by atoms with E-state index in [4.69, 9.17) is 16.0 Å². The van der Waals surface area contributed by atoms with Gasteiger partial charge in [-0.15, -0.1) is 0 Å². The highest BCUT2D eigenvalue weighted by Crippen LogP contribution is 2.23. The van der Waals surface area contributed by atoms with Crippen LogP contribution in [0.25, 0.3) is 11.0 Å². The molecule has 0 aliphatic heterocycles. The Morgan fingerprint density at radius 3 is 2.95 bits per heavy atom. The number of hydrazine groups is 1. The van der Waals surface area contributed by atoms with E-state index in [1.165, 1.54) is 12.3 Å². The summed E-state index contributed by atoms with van der Waals surface area (Å²) >= 11 is 0. The molecule has 96 valence electrons. The highest BCUT2D eigenvalue weighted by molar-refractivity contribution is 6.07. The zero-order valence-corrected chi connectivity index (χ0v) is 9.70. The van der Waals surface area contributed by atoms with E-state index >= 15 is 0 Å². The number of furan rings is 1.